The van der Waals surface area contributed by atoms with Gasteiger partial charge in [-0.15, -0.1) is 0 Å². The molecular formula is C23H22N2O3. The van der Waals surface area contributed by atoms with Crippen molar-refractivity contribution in [1.29, 1.82) is 0 Å². The summed E-state index contributed by atoms with van der Waals surface area (Å²) in [6.07, 6.45) is 6.45. The maximum atomic E-state index is 12.2. The van der Waals surface area contributed by atoms with Gasteiger partial charge >= 0.3 is 5.97 Å². The first-order chi connectivity index (χ1) is 13.5. The van der Waals surface area contributed by atoms with Crippen molar-refractivity contribution in [1.82, 2.24) is 9.78 Å². The van der Waals surface area contributed by atoms with Gasteiger partial charge in [-0.2, -0.15) is 5.10 Å². The smallest absolute Gasteiger partial charge is 0.331 e. The summed E-state index contributed by atoms with van der Waals surface area (Å²) in [4.78, 5) is 24.1. The van der Waals surface area contributed by atoms with Crippen LogP contribution in [0.3, 0.4) is 0 Å². The van der Waals surface area contributed by atoms with Gasteiger partial charge in [0.15, 0.2) is 6.61 Å². The van der Waals surface area contributed by atoms with Crippen LogP contribution in [0.5, 0.6) is 0 Å². The van der Waals surface area contributed by atoms with Crippen LogP contribution in [-0.2, 0) is 16.1 Å². The molecule has 1 aromatic heterocycles. The third-order valence-corrected chi connectivity index (χ3v) is 4.28. The molecule has 0 amide bonds. The Morgan fingerprint density at radius 2 is 1.89 bits per heavy atom. The van der Waals surface area contributed by atoms with E-state index in [1.807, 2.05) is 62.5 Å². The zero-order valence-corrected chi connectivity index (χ0v) is 16.0. The van der Waals surface area contributed by atoms with Crippen molar-refractivity contribution in [3.8, 4) is 0 Å². The Morgan fingerprint density at radius 3 is 2.64 bits per heavy atom. The van der Waals surface area contributed by atoms with E-state index in [-0.39, 0.29) is 12.4 Å². The van der Waals surface area contributed by atoms with Crippen molar-refractivity contribution in [2.45, 2.75) is 20.4 Å². The molecule has 0 aliphatic heterocycles. The van der Waals surface area contributed by atoms with E-state index in [0.717, 1.165) is 22.3 Å². The number of Topliss-reactive ketones (excluding diaryl/α,β-unsaturated/α-hetero) is 1. The number of aromatic nitrogens is 2. The van der Waals surface area contributed by atoms with Crippen LogP contribution in [0.1, 0.15) is 32.6 Å². The molecule has 0 fully saturated rings. The molecule has 0 aliphatic carbocycles. The topological polar surface area (TPSA) is 61.2 Å². The highest BCUT2D eigenvalue weighted by Gasteiger charge is 2.11. The monoisotopic (exact) mass is 374 g/mol. The molecule has 3 rings (SSSR count). The van der Waals surface area contributed by atoms with Crippen molar-refractivity contribution in [2.75, 3.05) is 6.61 Å². The van der Waals surface area contributed by atoms with Crippen molar-refractivity contribution < 1.29 is 14.3 Å². The van der Waals surface area contributed by atoms with Gasteiger partial charge in [0.25, 0.3) is 0 Å². The number of ketones is 1. The molecule has 0 saturated carbocycles. The lowest BCUT2D eigenvalue weighted by atomic mass is 10.0. The highest BCUT2D eigenvalue weighted by molar-refractivity contribution is 6.00. The number of esters is 1. The highest BCUT2D eigenvalue weighted by Crippen LogP contribution is 2.11. The molecule has 1 heterocycles. The summed E-state index contributed by atoms with van der Waals surface area (Å²) < 4.78 is 6.86. The third-order valence-electron chi connectivity index (χ3n) is 4.28. The second kappa shape index (κ2) is 8.95. The first-order valence-corrected chi connectivity index (χ1v) is 9.03. The van der Waals surface area contributed by atoms with Gasteiger partial charge in [-0.25, -0.2) is 4.79 Å². The van der Waals surface area contributed by atoms with Crippen LogP contribution in [0.4, 0.5) is 0 Å². The molecule has 5 nitrogen and oxygen atoms in total. The normalized spacial score (nSPS) is 10.9. The van der Waals surface area contributed by atoms with E-state index in [2.05, 4.69) is 5.10 Å². The van der Waals surface area contributed by atoms with Crippen LogP contribution in [0.2, 0.25) is 0 Å². The minimum atomic E-state index is -0.561. The van der Waals surface area contributed by atoms with E-state index in [0.29, 0.717) is 12.1 Å². The second-order valence-corrected chi connectivity index (χ2v) is 6.64. The number of rotatable bonds is 7. The standard InChI is InChI=1S/C23H22N2O3/c1-17-8-10-21(18(2)12-17)22(26)16-28-23(27)11-9-20-13-24-25(15-20)14-19-6-4-3-5-7-19/h3-13,15H,14,16H2,1-2H3/b11-9+. The average Bonchev–Trinajstić information content (AvgIpc) is 3.12. The number of carbonyl (C=O) groups is 2. The Kier molecular flexibility index (Phi) is 6.17. The predicted molar refractivity (Wildman–Crippen MR) is 108 cm³/mol. The van der Waals surface area contributed by atoms with Gasteiger partial charge in [0.1, 0.15) is 0 Å². The quantitative estimate of drug-likeness (QED) is 0.356. The molecular weight excluding hydrogens is 352 g/mol. The van der Waals surface area contributed by atoms with Crippen molar-refractivity contribution in [2.24, 2.45) is 0 Å². The number of ether oxygens (including phenoxy) is 1. The second-order valence-electron chi connectivity index (χ2n) is 6.64. The predicted octanol–water partition coefficient (Wildman–Crippen LogP) is 3.99. The number of aryl methyl sites for hydroxylation is 2. The molecule has 0 aliphatic rings. The van der Waals surface area contributed by atoms with Crippen LogP contribution < -0.4 is 0 Å². The summed E-state index contributed by atoms with van der Waals surface area (Å²) in [5.41, 5.74) is 4.47. The highest BCUT2D eigenvalue weighted by atomic mass is 16.5. The Labute approximate surface area is 164 Å². The zero-order valence-electron chi connectivity index (χ0n) is 16.0. The fraction of sp³-hybridized carbons (Fsp3) is 0.174. The first-order valence-electron chi connectivity index (χ1n) is 9.03. The van der Waals surface area contributed by atoms with Gasteiger partial charge in [0, 0.05) is 23.4 Å². The molecule has 142 valence electrons. The fourth-order valence-corrected chi connectivity index (χ4v) is 2.88. The minimum Gasteiger partial charge on any atom is -0.454 e. The lowest BCUT2D eigenvalue weighted by molar-refractivity contribution is -0.136. The molecule has 0 unspecified atom stereocenters. The number of hydrogen-bond acceptors (Lipinski definition) is 4. The molecule has 0 bridgehead atoms. The molecule has 0 atom stereocenters. The van der Waals surface area contributed by atoms with E-state index in [1.165, 1.54) is 6.08 Å². The molecule has 2 aromatic carbocycles. The van der Waals surface area contributed by atoms with E-state index in [4.69, 9.17) is 4.74 Å². The van der Waals surface area contributed by atoms with Crippen LogP contribution >= 0.6 is 0 Å². The molecule has 0 spiro atoms. The molecule has 0 N–H and O–H groups in total. The van der Waals surface area contributed by atoms with Crippen LogP contribution in [0.15, 0.2) is 67.0 Å². The van der Waals surface area contributed by atoms with Gasteiger partial charge in [-0.05, 0) is 31.1 Å². The van der Waals surface area contributed by atoms with Gasteiger partial charge in [0.05, 0.1) is 12.7 Å². The largest absolute Gasteiger partial charge is 0.454 e. The lowest BCUT2D eigenvalue weighted by Crippen LogP contribution is -2.13. The van der Waals surface area contributed by atoms with Gasteiger partial charge < -0.3 is 4.74 Å². The van der Waals surface area contributed by atoms with Gasteiger partial charge in [0.2, 0.25) is 5.78 Å². The van der Waals surface area contributed by atoms with E-state index in [1.54, 1.807) is 23.0 Å². The number of nitrogens with zero attached hydrogens (tertiary/aromatic N) is 2. The molecule has 28 heavy (non-hydrogen) atoms. The molecule has 0 radical (unpaired) electrons. The summed E-state index contributed by atoms with van der Waals surface area (Å²) in [5, 5.41) is 4.28. The van der Waals surface area contributed by atoms with E-state index < -0.39 is 5.97 Å². The van der Waals surface area contributed by atoms with Crippen LogP contribution in [0.25, 0.3) is 6.08 Å². The minimum absolute atomic E-state index is 0.213. The average molecular weight is 374 g/mol. The Balaban J connectivity index is 1.52. The maximum absolute atomic E-state index is 12.2. The number of hydrogen-bond donors (Lipinski definition) is 0. The summed E-state index contributed by atoms with van der Waals surface area (Å²) in [6, 6.07) is 15.6. The van der Waals surface area contributed by atoms with Gasteiger partial charge in [-0.3, -0.25) is 9.48 Å². The van der Waals surface area contributed by atoms with Crippen LogP contribution in [-0.4, -0.2) is 28.1 Å². The Hall–Kier alpha value is -3.47. The Morgan fingerprint density at radius 1 is 1.11 bits per heavy atom. The summed E-state index contributed by atoms with van der Waals surface area (Å²) in [6.45, 7) is 4.22. The third kappa shape index (κ3) is 5.27. The van der Waals surface area contributed by atoms with Crippen LogP contribution in [0, 0.1) is 13.8 Å². The van der Waals surface area contributed by atoms with Crippen molar-refractivity contribution in [3.63, 3.8) is 0 Å². The molecule has 5 heteroatoms. The SMILES string of the molecule is Cc1ccc(C(=O)COC(=O)/C=C/c2cnn(Cc3ccccc3)c2)c(C)c1. The molecule has 0 saturated heterocycles. The fourth-order valence-electron chi connectivity index (χ4n) is 2.88. The lowest BCUT2D eigenvalue weighted by Gasteiger charge is -2.06. The van der Waals surface area contributed by atoms with Crippen molar-refractivity contribution >= 4 is 17.8 Å². The number of carbonyl (C=O) groups excluding carboxylic acids is 2. The van der Waals surface area contributed by atoms with Crippen molar-refractivity contribution in [3.05, 3.63) is 94.8 Å². The molecule has 3 aromatic rings. The summed E-state index contributed by atoms with van der Waals surface area (Å²) >= 11 is 0. The zero-order chi connectivity index (χ0) is 19.9. The van der Waals surface area contributed by atoms with E-state index >= 15 is 0 Å². The number of benzene rings is 2. The van der Waals surface area contributed by atoms with E-state index in [9.17, 15) is 9.59 Å². The Bertz CT molecular complexity index is 1000. The first kappa shape index (κ1) is 19.3. The maximum Gasteiger partial charge on any atom is 0.331 e. The summed E-state index contributed by atoms with van der Waals surface area (Å²) in [5.74, 6) is -0.774. The summed E-state index contributed by atoms with van der Waals surface area (Å²) in [7, 11) is 0. The van der Waals surface area contributed by atoms with Gasteiger partial charge in [-0.1, -0.05) is 54.1 Å².